The van der Waals surface area contributed by atoms with Gasteiger partial charge in [-0.3, -0.25) is 19.3 Å². The molecule has 2 N–H and O–H groups in total. The maximum atomic E-state index is 13.4. The summed E-state index contributed by atoms with van der Waals surface area (Å²) in [6.45, 7) is 1.01. The van der Waals surface area contributed by atoms with Gasteiger partial charge in [-0.1, -0.05) is 32.1 Å². The molecule has 4 fully saturated rings. The lowest BCUT2D eigenvalue weighted by atomic mass is 9.80. The van der Waals surface area contributed by atoms with E-state index in [2.05, 4.69) is 0 Å². The van der Waals surface area contributed by atoms with Gasteiger partial charge in [0.25, 0.3) is 0 Å². The van der Waals surface area contributed by atoms with Gasteiger partial charge in [0, 0.05) is 31.1 Å². The third kappa shape index (κ3) is 4.05. The predicted octanol–water partition coefficient (Wildman–Crippen LogP) is 1.87. The van der Waals surface area contributed by atoms with Gasteiger partial charge in [0.2, 0.25) is 17.7 Å². The Morgan fingerprint density at radius 3 is 2.17 bits per heavy atom. The van der Waals surface area contributed by atoms with Crippen LogP contribution >= 0.6 is 0 Å². The fourth-order valence-corrected chi connectivity index (χ4v) is 5.84. The highest BCUT2D eigenvalue weighted by Gasteiger charge is 2.49. The number of rotatable bonds is 4. The van der Waals surface area contributed by atoms with Crippen LogP contribution in [0, 0.1) is 11.8 Å². The quantitative estimate of drug-likeness (QED) is 0.752. The number of hydrogen-bond donors (Lipinski definition) is 1. The molecule has 0 aromatic heterocycles. The van der Waals surface area contributed by atoms with Gasteiger partial charge >= 0.3 is 6.03 Å². The van der Waals surface area contributed by atoms with Gasteiger partial charge in [0.05, 0.1) is 5.92 Å². The van der Waals surface area contributed by atoms with E-state index in [0.29, 0.717) is 25.9 Å². The summed E-state index contributed by atoms with van der Waals surface area (Å²) in [7, 11) is 0. The lowest BCUT2D eigenvalue weighted by molar-refractivity contribution is -0.147. The summed E-state index contributed by atoms with van der Waals surface area (Å²) in [5.74, 6) is -0.754. The van der Waals surface area contributed by atoms with Crippen LogP contribution < -0.4 is 5.73 Å². The molecule has 2 atom stereocenters. The van der Waals surface area contributed by atoms with Gasteiger partial charge < -0.3 is 15.5 Å². The molecule has 30 heavy (non-hydrogen) atoms. The number of hydrogen-bond acceptors (Lipinski definition) is 4. The van der Waals surface area contributed by atoms with Gasteiger partial charge in [-0.2, -0.15) is 0 Å². The summed E-state index contributed by atoms with van der Waals surface area (Å²) in [6, 6.07) is -0.452. The van der Waals surface area contributed by atoms with Crippen molar-refractivity contribution in [3.63, 3.8) is 0 Å². The van der Waals surface area contributed by atoms with Gasteiger partial charge in [-0.05, 0) is 38.5 Å². The molecular formula is C22H34N4O4. The predicted molar refractivity (Wildman–Crippen MR) is 110 cm³/mol. The number of nitrogens with zero attached hydrogens (tertiary/aromatic N) is 3. The number of carbonyl (C=O) groups is 4. The molecule has 0 radical (unpaired) electrons. The number of carbonyl (C=O) groups excluding carboxylic acids is 4. The minimum Gasteiger partial charge on any atom is -0.369 e. The summed E-state index contributed by atoms with van der Waals surface area (Å²) in [5.41, 5.74) is 5.40. The van der Waals surface area contributed by atoms with Crippen LogP contribution in [0.3, 0.4) is 0 Å². The van der Waals surface area contributed by atoms with Crippen LogP contribution in [0.4, 0.5) is 4.79 Å². The zero-order chi connectivity index (χ0) is 21.3. The van der Waals surface area contributed by atoms with Crippen LogP contribution in [0.1, 0.15) is 70.6 Å². The number of primary amides is 1. The Labute approximate surface area is 178 Å². The van der Waals surface area contributed by atoms with E-state index in [4.69, 9.17) is 5.73 Å². The van der Waals surface area contributed by atoms with Gasteiger partial charge in [0.15, 0.2) is 0 Å². The molecule has 2 saturated carbocycles. The second-order valence-electron chi connectivity index (χ2n) is 9.43. The van der Waals surface area contributed by atoms with Crippen molar-refractivity contribution in [2.24, 2.45) is 17.6 Å². The number of fused-ring (bicyclic) bond motifs is 1. The van der Waals surface area contributed by atoms with Crippen molar-refractivity contribution in [2.75, 3.05) is 19.6 Å². The zero-order valence-electron chi connectivity index (χ0n) is 17.8. The third-order valence-corrected chi connectivity index (χ3v) is 7.63. The van der Waals surface area contributed by atoms with Crippen LogP contribution in [0.15, 0.2) is 0 Å². The van der Waals surface area contributed by atoms with Crippen LogP contribution in [0.2, 0.25) is 0 Å². The van der Waals surface area contributed by atoms with E-state index in [1.54, 1.807) is 9.80 Å². The average molecular weight is 419 g/mol. The smallest absolute Gasteiger partial charge is 0.327 e. The van der Waals surface area contributed by atoms with Crippen LogP contribution in [0.25, 0.3) is 0 Å². The van der Waals surface area contributed by atoms with E-state index in [0.717, 1.165) is 57.8 Å². The topological polar surface area (TPSA) is 104 Å². The number of imide groups is 1. The largest absolute Gasteiger partial charge is 0.369 e. The molecule has 0 bridgehead atoms. The summed E-state index contributed by atoms with van der Waals surface area (Å²) in [5, 5.41) is 0. The molecule has 2 heterocycles. The van der Waals surface area contributed by atoms with Crippen LogP contribution in [-0.4, -0.2) is 70.2 Å². The molecule has 4 aliphatic rings. The van der Waals surface area contributed by atoms with E-state index in [1.165, 1.54) is 4.90 Å². The molecule has 2 aliphatic carbocycles. The molecule has 4 rings (SSSR count). The first-order valence-corrected chi connectivity index (χ1v) is 11.7. The Morgan fingerprint density at radius 1 is 0.867 bits per heavy atom. The molecule has 2 saturated heterocycles. The lowest BCUT2D eigenvalue weighted by Gasteiger charge is -2.49. The second kappa shape index (κ2) is 8.94. The molecule has 5 amide bonds. The minimum atomic E-state index is -0.306. The summed E-state index contributed by atoms with van der Waals surface area (Å²) < 4.78 is 0. The molecule has 0 spiro atoms. The first-order chi connectivity index (χ1) is 14.5. The van der Waals surface area contributed by atoms with Crippen molar-refractivity contribution in [1.82, 2.24) is 14.7 Å². The Kier molecular flexibility index (Phi) is 6.29. The molecule has 8 nitrogen and oxygen atoms in total. The van der Waals surface area contributed by atoms with Crippen LogP contribution in [-0.2, 0) is 14.4 Å². The highest BCUT2D eigenvalue weighted by Crippen LogP contribution is 2.37. The maximum absolute atomic E-state index is 13.4. The summed E-state index contributed by atoms with van der Waals surface area (Å²) in [4.78, 5) is 56.1. The Balaban J connectivity index is 1.48. The fourth-order valence-electron chi connectivity index (χ4n) is 5.84. The Bertz CT molecular complexity index is 697. The maximum Gasteiger partial charge on any atom is 0.327 e. The van der Waals surface area contributed by atoms with Crippen molar-refractivity contribution in [3.05, 3.63) is 0 Å². The molecular weight excluding hydrogens is 384 g/mol. The zero-order valence-corrected chi connectivity index (χ0v) is 17.8. The van der Waals surface area contributed by atoms with E-state index in [1.807, 2.05) is 0 Å². The third-order valence-electron chi connectivity index (χ3n) is 7.63. The standard InChI is InChI=1S/C22H34N4O4/c23-20(28)15-10-12-24(13-11-15)19(27)14-25-18-9-5-4-8-17(18)21(29)26(22(25)30)16-6-2-1-3-7-16/h15-18H,1-14H2,(H2,23,28). The molecule has 0 aromatic carbocycles. The van der Waals surface area contributed by atoms with Gasteiger partial charge in [-0.15, -0.1) is 0 Å². The number of urea groups is 1. The number of likely N-dealkylation sites (tertiary alicyclic amines) is 1. The van der Waals surface area contributed by atoms with E-state index in [-0.39, 0.29) is 54.2 Å². The summed E-state index contributed by atoms with van der Waals surface area (Å²) in [6.07, 6.45) is 9.72. The molecule has 2 unspecified atom stereocenters. The molecule has 2 aliphatic heterocycles. The van der Waals surface area contributed by atoms with E-state index >= 15 is 0 Å². The molecule has 0 aromatic rings. The van der Waals surface area contributed by atoms with Crippen molar-refractivity contribution >= 4 is 23.8 Å². The fraction of sp³-hybridized carbons (Fsp3) is 0.818. The van der Waals surface area contributed by atoms with Crippen molar-refractivity contribution in [1.29, 1.82) is 0 Å². The molecule has 8 heteroatoms. The SMILES string of the molecule is NC(=O)C1CCN(C(=O)CN2C(=O)N(C3CCCCC3)C(=O)C3CCCCC32)CC1. The number of nitrogens with two attached hydrogens (primary N) is 1. The van der Waals surface area contributed by atoms with Gasteiger partial charge in [-0.25, -0.2) is 4.79 Å². The van der Waals surface area contributed by atoms with E-state index in [9.17, 15) is 19.2 Å². The van der Waals surface area contributed by atoms with E-state index < -0.39 is 0 Å². The Morgan fingerprint density at radius 2 is 1.50 bits per heavy atom. The monoisotopic (exact) mass is 418 g/mol. The highest BCUT2D eigenvalue weighted by atomic mass is 16.2. The minimum absolute atomic E-state index is 0.0115. The molecule has 166 valence electrons. The normalized spacial score (nSPS) is 29.1. The van der Waals surface area contributed by atoms with Crippen molar-refractivity contribution in [2.45, 2.75) is 82.7 Å². The first-order valence-electron chi connectivity index (χ1n) is 11.7. The average Bonchev–Trinajstić information content (AvgIpc) is 2.77. The highest BCUT2D eigenvalue weighted by molar-refractivity contribution is 6.00. The van der Waals surface area contributed by atoms with Gasteiger partial charge in [0.1, 0.15) is 6.54 Å². The van der Waals surface area contributed by atoms with Crippen molar-refractivity contribution in [3.8, 4) is 0 Å². The number of amides is 5. The first kappa shape index (κ1) is 21.1. The van der Waals surface area contributed by atoms with Crippen molar-refractivity contribution < 1.29 is 19.2 Å². The summed E-state index contributed by atoms with van der Waals surface area (Å²) >= 11 is 0. The Hall–Kier alpha value is -2.12. The second-order valence-corrected chi connectivity index (χ2v) is 9.43. The lowest BCUT2D eigenvalue weighted by Crippen LogP contribution is -2.66. The van der Waals surface area contributed by atoms with Crippen LogP contribution in [0.5, 0.6) is 0 Å². The number of piperidine rings is 1.